The van der Waals surface area contributed by atoms with E-state index in [1.54, 1.807) is 4.90 Å². The van der Waals surface area contributed by atoms with Gasteiger partial charge in [-0.1, -0.05) is 25.7 Å². The Morgan fingerprint density at radius 1 is 0.260 bits per heavy atom. The first-order chi connectivity index (χ1) is 17.9. The van der Waals surface area contributed by atoms with E-state index in [9.17, 15) is 32.6 Å². The van der Waals surface area contributed by atoms with Gasteiger partial charge < -0.3 is 48.9 Å². The summed E-state index contributed by atoms with van der Waals surface area (Å²) in [5.41, 5.74) is 0. The van der Waals surface area contributed by atoms with Crippen LogP contribution in [0.4, 0.5) is 0 Å². The van der Waals surface area contributed by atoms with Gasteiger partial charge in [0.1, 0.15) is 31.4 Å². The van der Waals surface area contributed by atoms with Crippen LogP contribution in [0.3, 0.4) is 0 Å². The molecule has 0 aromatic carbocycles. The van der Waals surface area contributed by atoms with Crippen molar-refractivity contribution >= 4 is 38.0 Å². The van der Waals surface area contributed by atoms with Crippen molar-refractivity contribution < 1.29 is 586 Å². The molecule has 0 amide bonds. The van der Waals surface area contributed by atoms with E-state index in [0.29, 0.717) is 64.5 Å². The van der Waals surface area contributed by atoms with Crippen molar-refractivity contribution in [3.8, 4) is 0 Å². The zero-order chi connectivity index (χ0) is 31.3. The van der Waals surface area contributed by atoms with Gasteiger partial charge in [0.25, 0.3) is 0 Å². The van der Waals surface area contributed by atoms with Crippen LogP contribution in [0.15, 0.2) is 0 Å². The molecule has 0 saturated carbocycles. The fourth-order valence-corrected chi connectivity index (χ4v) is 8.15. The number of hydrogen-bond acceptors (Lipinski definition) is 8. The van der Waals surface area contributed by atoms with Gasteiger partial charge in [0.15, 0.2) is 0 Å². The van der Waals surface area contributed by atoms with Crippen LogP contribution in [0, 0.1) is 0 Å². The second-order valence-corrected chi connectivity index (χ2v) is 17.8. The Morgan fingerprint density at radius 2 is 0.400 bits per heavy atom. The Bertz CT molecular complexity index is 882. The van der Waals surface area contributed by atoms with Crippen LogP contribution in [0.25, 0.3) is 0 Å². The third kappa shape index (κ3) is 73.9. The first-order valence-electron chi connectivity index (χ1n) is 12.3. The van der Waals surface area contributed by atoms with E-state index >= 15 is 0 Å². The van der Waals surface area contributed by atoms with Crippen molar-refractivity contribution in [1.82, 2.24) is 14.7 Å². The molecule has 0 spiro atoms. The minimum absolute atomic E-state index is 0. The fourth-order valence-electron chi connectivity index (χ4n) is 3.98. The van der Waals surface area contributed by atoms with Crippen LogP contribution >= 0.6 is 38.0 Å². The molecule has 0 aromatic rings. The maximum Gasteiger partial charge on any atom is 1.00 e. The molecule has 0 fully saturated rings. The summed E-state index contributed by atoms with van der Waals surface area (Å²) < 4.78 is 56.3. The molecule has 0 aliphatic heterocycles. The average molecular weight is 1080 g/mol. The van der Waals surface area contributed by atoms with E-state index in [1.165, 1.54) is 0 Å². The maximum absolute atomic E-state index is 11.5. The average Bonchev–Trinajstić information content (AvgIpc) is 2.66. The summed E-state index contributed by atoms with van der Waals surface area (Å²) in [4.78, 5) is 95.1. The number of nitrogens with zero attached hydrogens (tertiary/aromatic N) is 3. The van der Waals surface area contributed by atoms with Crippen LogP contribution < -0.4 is 514 Å². The van der Waals surface area contributed by atoms with Gasteiger partial charge >= 0.3 is 552 Å². The molecule has 0 radical (unpaired) electrons. The third-order valence-electron chi connectivity index (χ3n) is 5.32. The molecular weight excluding hydrogens is 1030 g/mol. The van der Waals surface area contributed by atoms with Gasteiger partial charge in [-0.05, 0) is 51.9 Å². The van der Waals surface area contributed by atoms with E-state index in [4.69, 9.17) is 39.1 Å². The fraction of sp³-hybridized carbons (Fsp3) is 1.00. The second kappa shape index (κ2) is 52.3. The Morgan fingerprint density at radius 3 is 0.560 bits per heavy atom. The second-order valence-electron chi connectivity index (χ2n) is 9.77. The van der Waals surface area contributed by atoms with E-state index in [1.807, 2.05) is 0 Å². The van der Waals surface area contributed by atoms with Crippen LogP contribution in [0.2, 0.25) is 0 Å². The van der Waals surface area contributed by atoms with Crippen molar-refractivity contribution in [3.63, 3.8) is 0 Å². The van der Waals surface area contributed by atoms with Gasteiger partial charge in [-0.15, -0.1) is 0 Å². The zero-order valence-electron chi connectivity index (χ0n) is 32.1. The molecule has 10 N–H and O–H groups in total. The monoisotopic (exact) mass is 1070 g/mol. The zero-order valence-corrected chi connectivity index (χ0v) is 67.8. The van der Waals surface area contributed by atoms with E-state index in [-0.39, 0.29) is 527 Å². The summed E-state index contributed by atoms with van der Waals surface area (Å²) in [5.74, 6) is 0. The molecule has 33 heteroatoms. The van der Waals surface area contributed by atoms with E-state index in [2.05, 4.69) is 0 Å². The summed E-state index contributed by atoms with van der Waals surface area (Å²) in [7, 11) is -22.4. The van der Waals surface area contributed by atoms with Crippen LogP contribution in [-0.4, -0.2) is 121 Å². The molecule has 0 atom stereocenters. The topological polar surface area (TPSA) is 297 Å². The Balaban J connectivity index is -0.000000169. The summed E-state index contributed by atoms with van der Waals surface area (Å²) in [6, 6.07) is 0. The summed E-state index contributed by atoms with van der Waals surface area (Å²) in [6.07, 6.45) is 0.664. The number of rotatable bonds is 24. The van der Waals surface area contributed by atoms with Crippen LogP contribution in [-0.2, 0) is 22.8 Å². The van der Waals surface area contributed by atoms with Gasteiger partial charge in [-0.2, -0.15) is 0 Å². The predicted molar refractivity (Wildman–Crippen MR) is 146 cm³/mol. The van der Waals surface area contributed by atoms with Crippen molar-refractivity contribution in [2.75, 3.05) is 57.6 Å². The first-order valence-corrected chi connectivity index (χ1v) is 21.3. The largest absolute Gasteiger partial charge is 1.00 e. The molecule has 18 nitrogen and oxygen atoms in total. The standard InChI is InChI=1S/C17H44N3O15P5.10K/c21-36(22,23)13-18(9-5-1-3-7-11-19(14-37(24,25)26)15-38(27,28)29)10-6-2-4-8-12-20(16-39(30,31)32)17-40(33,34)35;;;;;;;;;;/h1-17H2,(H2,21,22,23)(H2,24,25,26)(H2,27,28,29)(H2,30,31,32)(H2,33,34,35);;;;;;;;;;/q;10*+1. The minimum atomic E-state index is -4.51. The van der Waals surface area contributed by atoms with Crippen molar-refractivity contribution in [2.24, 2.45) is 0 Å². The Kier molecular flexibility index (Phi) is 97.4. The maximum atomic E-state index is 11.5. The summed E-state index contributed by atoms with van der Waals surface area (Å²) in [5, 5.41) is 0. The Hall–Kier alpha value is 17.0. The number of unbranched alkanes of at least 4 members (excludes halogenated alkanes) is 6. The quantitative estimate of drug-likeness (QED) is 0.0244. The Labute approximate surface area is 722 Å². The van der Waals surface area contributed by atoms with E-state index < -0.39 is 69.4 Å². The molecule has 0 aliphatic carbocycles. The van der Waals surface area contributed by atoms with Gasteiger partial charge in [-0.3, -0.25) is 37.5 Å². The normalized spacial score (nSPS) is 11.3. The molecule has 0 unspecified atom stereocenters. The third-order valence-corrected chi connectivity index (χ3v) is 9.16. The van der Waals surface area contributed by atoms with Gasteiger partial charge in [-0.25, -0.2) is 0 Å². The molecule has 0 saturated heterocycles. The summed E-state index contributed by atoms with van der Waals surface area (Å²) >= 11 is 0. The minimum Gasteiger partial charge on any atom is -0.324 e. The van der Waals surface area contributed by atoms with Gasteiger partial charge in [0.2, 0.25) is 0 Å². The molecule has 242 valence electrons. The first kappa shape index (κ1) is 93.1. The molecule has 50 heavy (non-hydrogen) atoms. The predicted octanol–water partition coefficient (Wildman–Crippen LogP) is -29.3. The molecule has 0 rings (SSSR count). The van der Waals surface area contributed by atoms with Gasteiger partial charge in [0, 0.05) is 0 Å². The molecular formula is C17H44K10N3O15P5+10. The number of hydrogen-bond donors (Lipinski definition) is 10. The molecule has 0 heterocycles. The smallest absolute Gasteiger partial charge is 0.324 e. The molecule has 0 bridgehead atoms. The van der Waals surface area contributed by atoms with Gasteiger partial charge in [0.05, 0.1) is 0 Å². The SMILES string of the molecule is O=P(O)(O)CN(CCCCCCN(CP(=O)(O)O)CP(=O)(O)O)CCCCCCN(CP(=O)(O)O)CP(=O)(O)O.[K+].[K+].[K+].[K+].[K+].[K+].[K+].[K+].[K+].[K+]. The van der Waals surface area contributed by atoms with Crippen molar-refractivity contribution in [2.45, 2.75) is 51.4 Å². The summed E-state index contributed by atoms with van der Waals surface area (Å²) in [6.45, 7) is 0.834. The van der Waals surface area contributed by atoms with Crippen LogP contribution in [0.1, 0.15) is 51.4 Å². The molecule has 0 aromatic heterocycles. The van der Waals surface area contributed by atoms with E-state index in [0.717, 1.165) is 9.80 Å². The van der Waals surface area contributed by atoms with Crippen LogP contribution in [0.5, 0.6) is 0 Å². The molecule has 0 aliphatic rings. The van der Waals surface area contributed by atoms with Crippen molar-refractivity contribution in [3.05, 3.63) is 0 Å². The van der Waals surface area contributed by atoms with Crippen molar-refractivity contribution in [1.29, 1.82) is 0 Å².